The highest BCUT2D eigenvalue weighted by atomic mass is 16.8. The van der Waals surface area contributed by atoms with Gasteiger partial charge in [0.2, 0.25) is 6.29 Å². The number of carbonyl (C=O) groups excluding carboxylic acids is 3. The molecule has 126 heavy (non-hydrogen) atoms. The van der Waals surface area contributed by atoms with Crippen LogP contribution in [0.3, 0.4) is 0 Å². The molecule has 0 aromatic heterocycles. The number of fused-ring (bicyclic) bond motifs is 7. The Morgan fingerprint density at radius 1 is 0.500 bits per heavy atom. The minimum Gasteiger partial charge on any atom is -0.459 e. The number of allylic oxidation sites excluding steroid dienone is 4. The smallest absolute Gasteiger partial charge is 0.336 e. The molecular formula is C88H138O38. The summed E-state index contributed by atoms with van der Waals surface area (Å²) in [5, 5.41) is 210. The fourth-order valence-corrected chi connectivity index (χ4v) is 21.9. The molecule has 38 heteroatoms. The predicted octanol–water partition coefficient (Wildman–Crippen LogP) is -1.58. The molecule has 0 amide bonds. The van der Waals surface area contributed by atoms with E-state index in [2.05, 4.69) is 67.7 Å². The zero-order chi connectivity index (χ0) is 92.4. The maximum Gasteiger partial charge on any atom is 0.336 e. The van der Waals surface area contributed by atoms with Gasteiger partial charge in [0.25, 0.3) is 0 Å². The molecule has 718 valence electrons. The van der Waals surface area contributed by atoms with Crippen molar-refractivity contribution in [2.75, 3.05) is 46.2 Å². The van der Waals surface area contributed by atoms with Crippen LogP contribution in [0.15, 0.2) is 60.3 Å². The van der Waals surface area contributed by atoms with Crippen LogP contribution in [-0.4, -0.2) is 369 Å². The van der Waals surface area contributed by atoms with E-state index in [0.29, 0.717) is 51.4 Å². The van der Waals surface area contributed by atoms with Crippen molar-refractivity contribution in [3.8, 4) is 0 Å². The van der Waals surface area contributed by atoms with Crippen molar-refractivity contribution in [2.45, 2.75) is 374 Å². The normalized spacial score (nSPS) is 47.2. The number of esters is 3. The summed E-state index contributed by atoms with van der Waals surface area (Å²) in [6.07, 6.45) is -41.2. The number of aliphatic hydroxyl groups excluding tert-OH is 17. The molecule has 7 saturated heterocycles. The van der Waals surface area contributed by atoms with E-state index in [-0.39, 0.29) is 65.9 Å². The number of rotatable bonds is 29. The molecule has 0 radical (unpaired) electrons. The summed E-state index contributed by atoms with van der Waals surface area (Å²) >= 11 is 0. The average Bonchev–Trinajstić information content (AvgIpc) is 0.673. The van der Waals surface area contributed by atoms with Crippen molar-refractivity contribution in [2.24, 2.45) is 50.2 Å². The third-order valence-electron chi connectivity index (χ3n) is 30.3. The molecule has 5 aliphatic carbocycles. The van der Waals surface area contributed by atoms with Crippen molar-refractivity contribution < 1.29 is 187 Å². The lowest BCUT2D eigenvalue weighted by atomic mass is 9.33. The topological polar surface area (TPSA) is 583 Å². The summed E-state index contributed by atoms with van der Waals surface area (Å²) in [6, 6.07) is 0. The third kappa shape index (κ3) is 20.3. The number of aliphatic hydroxyl groups is 19. The quantitative estimate of drug-likeness (QED) is 0.0132. The van der Waals surface area contributed by atoms with Gasteiger partial charge in [0.1, 0.15) is 135 Å². The molecule has 12 rings (SSSR count). The van der Waals surface area contributed by atoms with Gasteiger partial charge >= 0.3 is 17.9 Å². The first kappa shape index (κ1) is 101. The Hall–Kier alpha value is -4.17. The molecule has 0 bridgehead atoms. The predicted molar refractivity (Wildman–Crippen MR) is 432 cm³/mol. The first-order chi connectivity index (χ1) is 59.0. The maximum absolute atomic E-state index is 16.6. The first-order valence-corrected chi connectivity index (χ1v) is 44.2. The molecule has 38 nitrogen and oxygen atoms in total. The summed E-state index contributed by atoms with van der Waals surface area (Å²) in [5.74, 6) is -3.39. The van der Waals surface area contributed by atoms with Gasteiger partial charge in [-0.05, 0) is 162 Å². The largest absolute Gasteiger partial charge is 0.459 e. The fraction of sp³-hybridized carbons (Fsp3) is 0.852. The zero-order valence-electron chi connectivity index (χ0n) is 73.6. The van der Waals surface area contributed by atoms with Gasteiger partial charge in [-0.3, -0.25) is 4.79 Å². The van der Waals surface area contributed by atoms with Gasteiger partial charge in [-0.15, -0.1) is 13.2 Å². The molecule has 0 aromatic rings. The summed E-state index contributed by atoms with van der Waals surface area (Å²) in [4.78, 5) is 45.3. The summed E-state index contributed by atoms with van der Waals surface area (Å²) < 4.78 is 97.2. The fourth-order valence-electron chi connectivity index (χ4n) is 21.9. The van der Waals surface area contributed by atoms with Gasteiger partial charge in [0.15, 0.2) is 49.9 Å². The van der Waals surface area contributed by atoms with Crippen LogP contribution >= 0.6 is 0 Å². The molecule has 4 saturated carbocycles. The van der Waals surface area contributed by atoms with Gasteiger partial charge in [-0.2, -0.15) is 0 Å². The Morgan fingerprint density at radius 2 is 1.02 bits per heavy atom. The van der Waals surface area contributed by atoms with Crippen molar-refractivity contribution in [1.82, 2.24) is 0 Å². The van der Waals surface area contributed by atoms with Crippen LogP contribution in [0.25, 0.3) is 0 Å². The van der Waals surface area contributed by atoms with Gasteiger partial charge in [0, 0.05) is 5.57 Å². The van der Waals surface area contributed by atoms with E-state index in [0.717, 1.165) is 12.0 Å². The molecule has 12 aliphatic rings. The van der Waals surface area contributed by atoms with Gasteiger partial charge < -0.3 is 173 Å². The highest BCUT2D eigenvalue weighted by Crippen LogP contribution is 2.76. The van der Waals surface area contributed by atoms with Gasteiger partial charge in [-0.1, -0.05) is 84.4 Å². The highest BCUT2D eigenvalue weighted by Gasteiger charge is 2.71. The Kier molecular flexibility index (Phi) is 31.8. The third-order valence-corrected chi connectivity index (χ3v) is 30.3. The average molecular weight is 1800 g/mol. The Balaban J connectivity index is 0.812. The van der Waals surface area contributed by atoms with Crippen molar-refractivity contribution in [3.05, 3.63) is 60.3 Å². The van der Waals surface area contributed by atoms with Crippen LogP contribution in [0.1, 0.15) is 166 Å². The molecule has 0 spiro atoms. The van der Waals surface area contributed by atoms with Crippen LogP contribution in [0.4, 0.5) is 0 Å². The number of hydrogen-bond donors (Lipinski definition) is 19. The highest BCUT2D eigenvalue weighted by molar-refractivity contribution is 5.89. The van der Waals surface area contributed by atoms with Crippen LogP contribution in [0, 0.1) is 50.2 Å². The Bertz CT molecular complexity index is 3820. The van der Waals surface area contributed by atoms with Crippen molar-refractivity contribution >= 4 is 17.9 Å². The zero-order valence-corrected chi connectivity index (χ0v) is 73.6. The second-order valence-corrected chi connectivity index (χ2v) is 39.7. The lowest BCUT2D eigenvalue weighted by molar-refractivity contribution is -0.379. The van der Waals surface area contributed by atoms with Gasteiger partial charge in [0.05, 0.1) is 74.0 Å². The van der Waals surface area contributed by atoms with E-state index < -0.39 is 300 Å². The van der Waals surface area contributed by atoms with E-state index in [1.54, 1.807) is 6.92 Å². The Morgan fingerprint density at radius 3 is 1.64 bits per heavy atom. The first-order valence-electron chi connectivity index (χ1n) is 44.2. The summed E-state index contributed by atoms with van der Waals surface area (Å²) in [6.45, 7) is 24.5. The molecule has 2 unspecified atom stereocenters. The molecule has 7 aliphatic heterocycles. The van der Waals surface area contributed by atoms with E-state index >= 15 is 4.79 Å². The Labute approximate surface area is 732 Å². The second kappa shape index (κ2) is 39.8. The minimum atomic E-state index is -2.19. The SMILES string of the molecule is C=CC(C)(O)CC/C=C(\CO)C(=O)O[C@H]1[C@H](O)[C@@H](COC(=O)/C(C)=C/CC[C@@](C)(O)C=C)O[C@@H](OC(=O)[C@]23CCC(C)(C)C[C@H]2C2=CC[C@@H]4[C@@]5(C)CC[C@H](O[C@@H]6O[C@H](CO[C@@H]7OC[C@H](O)[C@H](O)[C@H]7O[C@@H]7OC[C@@H](O)[C@H](O)[C@H]7O)[C@@H](O)[C@H](O)[C@H]6O)C(C)(C)C5CC[C@@]4(C)[C@]2(C)CC3)[C@@H]1O[C@@H]1O[C@@H](C)[C@H](O[C@@H]2OC[C@@H](O)[C@H](O[C@@H]3OC[C@@H](O)[C@H](O)[C@H]3O)[C@H]2O)[C@@H](O)[C@H]1O. The molecule has 7 heterocycles. The monoisotopic (exact) mass is 1800 g/mol. The van der Waals surface area contributed by atoms with E-state index in [4.69, 9.17) is 75.8 Å². The van der Waals surface area contributed by atoms with E-state index in [9.17, 15) is 107 Å². The minimum absolute atomic E-state index is 0.0104. The number of hydrogen-bond acceptors (Lipinski definition) is 38. The number of carbonyl (C=O) groups is 3. The molecule has 41 atom stereocenters. The van der Waals surface area contributed by atoms with Crippen LogP contribution in [0.2, 0.25) is 0 Å². The lowest BCUT2D eigenvalue weighted by Crippen LogP contribution is -2.67. The van der Waals surface area contributed by atoms with Crippen LogP contribution in [0.5, 0.6) is 0 Å². The van der Waals surface area contributed by atoms with Crippen molar-refractivity contribution in [3.63, 3.8) is 0 Å². The molecule has 19 N–H and O–H groups in total. The molecule has 11 fully saturated rings. The van der Waals surface area contributed by atoms with Gasteiger partial charge in [-0.25, -0.2) is 9.59 Å². The molecular weight excluding hydrogens is 1660 g/mol. The lowest BCUT2D eigenvalue weighted by Gasteiger charge is -2.71. The maximum atomic E-state index is 16.6. The van der Waals surface area contributed by atoms with E-state index in [1.807, 2.05) is 0 Å². The van der Waals surface area contributed by atoms with E-state index in [1.165, 1.54) is 45.1 Å². The standard InChI is InChI=1S/C88H138O38/c1-14-83(9,109)24-16-18-40(3)71(106)111-38-50-58(98)68(121-72(107)42(33-89)19-17-25-84(10,110)15-2)70(125-76-64(104)60(100)66(41(4)117-76)122-75-65(105)67(48(93)37-114-75)123-73-61(101)54(94)45(90)34-112-73)79(119-50)126-80(108)88-30-28-81(5,6)32-44(88)43-20-21-52-85(11)26-23-53(82(7,8)51(85)22-27-87(52,13)86(43,12)29-31-88)120-77-63(103)59(99)57(97)49(118-77)39-116-78-69(56(96)47(92)36-115-78)124-74-62(102)55(95)46(91)35-113-74/h14-15,18-20,41,44-70,73-79,89-105,109-110H,1-2,16-17,21-39H2,3-13H3/b40-18+,42-19+/t41-,44-,45+,46+,47-,48+,49+,50+,51?,52+,53-,54-,55-,56-,57+,58+,59-,60-,61+,62+,63+,64+,65+,66-,67-,68-,69+,70+,73-,74-,75-,76-,77-,78-,79-,83-,84?,85-,86+,87+,88-/m0/s1. The second-order valence-electron chi connectivity index (χ2n) is 39.7. The van der Waals surface area contributed by atoms with Crippen molar-refractivity contribution in [1.29, 1.82) is 0 Å². The summed E-state index contributed by atoms with van der Waals surface area (Å²) in [5.41, 5.74) is -5.57. The number of ether oxygens (including phenoxy) is 16. The van der Waals surface area contributed by atoms with Crippen LogP contribution in [-0.2, 0) is 90.2 Å². The van der Waals surface area contributed by atoms with Crippen LogP contribution < -0.4 is 0 Å². The molecule has 0 aromatic carbocycles. The summed E-state index contributed by atoms with van der Waals surface area (Å²) in [7, 11) is 0.